The van der Waals surface area contributed by atoms with Gasteiger partial charge in [-0.2, -0.15) is 0 Å². The van der Waals surface area contributed by atoms with Crippen LogP contribution in [0.25, 0.3) is 0 Å². The zero-order valence-corrected chi connectivity index (χ0v) is 8.85. The van der Waals surface area contributed by atoms with Gasteiger partial charge in [0, 0.05) is 6.54 Å². The highest BCUT2D eigenvalue weighted by Crippen LogP contribution is 2.10. The Hall–Kier alpha value is -1.50. The molecule has 0 bridgehead atoms. The zero-order chi connectivity index (χ0) is 11.1. The molecule has 1 rings (SSSR count). The minimum atomic E-state index is -0.122. The van der Waals surface area contributed by atoms with E-state index >= 15 is 0 Å². The van der Waals surface area contributed by atoms with Crippen molar-refractivity contribution in [2.75, 3.05) is 6.54 Å². The van der Waals surface area contributed by atoms with Gasteiger partial charge in [0.15, 0.2) is 5.82 Å². The Labute approximate surface area is 88.3 Å². The lowest BCUT2D eigenvalue weighted by molar-refractivity contribution is 0.566. The summed E-state index contributed by atoms with van der Waals surface area (Å²) < 4.78 is 0. The molecule has 0 aliphatic heterocycles. The number of H-pyrrole nitrogens is 1. The van der Waals surface area contributed by atoms with Crippen LogP contribution in [0.15, 0.2) is 4.99 Å². The Morgan fingerprint density at radius 3 is 2.93 bits per heavy atom. The number of aromatic amines is 1. The van der Waals surface area contributed by atoms with Crippen LogP contribution < -0.4 is 11.5 Å². The number of nitrogens with two attached hydrogens (primary N) is 2. The number of amidine groups is 1. The van der Waals surface area contributed by atoms with Crippen molar-refractivity contribution in [3.63, 3.8) is 0 Å². The molecule has 1 unspecified atom stereocenters. The lowest BCUT2D eigenvalue weighted by atomic mass is 10.1. The molecule has 0 aromatic carbocycles. The Balaban J connectivity index is 2.13. The lowest BCUT2D eigenvalue weighted by Gasteiger charge is -2.05. The van der Waals surface area contributed by atoms with Crippen LogP contribution in [-0.4, -0.2) is 33.0 Å². The fourth-order valence-electron chi connectivity index (χ4n) is 1.19. The molecule has 7 heteroatoms. The molecule has 0 aliphatic rings. The average Bonchev–Trinajstić information content (AvgIpc) is 2.69. The van der Waals surface area contributed by atoms with Gasteiger partial charge in [0.1, 0.15) is 0 Å². The summed E-state index contributed by atoms with van der Waals surface area (Å²) in [6, 6.07) is -0.122. The van der Waals surface area contributed by atoms with Crippen molar-refractivity contribution in [1.29, 1.82) is 0 Å². The van der Waals surface area contributed by atoms with Crippen molar-refractivity contribution < 1.29 is 0 Å². The maximum atomic E-state index is 5.85. The lowest BCUT2D eigenvalue weighted by Crippen LogP contribution is -2.12. The van der Waals surface area contributed by atoms with Gasteiger partial charge in [-0.1, -0.05) is 0 Å². The largest absolute Gasteiger partial charge is 0.388 e. The molecule has 7 nitrogen and oxygen atoms in total. The molecular weight excluding hydrogens is 194 g/mol. The molecule has 1 heterocycles. The molecule has 1 atom stereocenters. The molecule has 0 aliphatic carbocycles. The highest BCUT2D eigenvalue weighted by atomic mass is 15.5. The van der Waals surface area contributed by atoms with Crippen LogP contribution in [0.2, 0.25) is 0 Å². The van der Waals surface area contributed by atoms with Gasteiger partial charge in [0.25, 0.3) is 0 Å². The number of rotatable bonds is 6. The normalized spacial score (nSPS) is 14.1. The van der Waals surface area contributed by atoms with Crippen molar-refractivity contribution in [3.05, 3.63) is 5.82 Å². The highest BCUT2D eigenvalue weighted by Gasteiger charge is 2.08. The van der Waals surface area contributed by atoms with Crippen LogP contribution in [0.3, 0.4) is 0 Å². The maximum Gasteiger partial charge on any atom is 0.165 e. The second kappa shape index (κ2) is 6.07. The van der Waals surface area contributed by atoms with E-state index < -0.39 is 0 Å². The van der Waals surface area contributed by atoms with E-state index in [1.165, 1.54) is 0 Å². The van der Waals surface area contributed by atoms with E-state index in [2.05, 4.69) is 25.6 Å². The third-order valence-corrected chi connectivity index (χ3v) is 2.00. The molecule has 0 spiro atoms. The molecule has 84 valence electrons. The van der Waals surface area contributed by atoms with E-state index in [1.54, 1.807) is 6.92 Å². The van der Waals surface area contributed by atoms with Gasteiger partial charge in [-0.05, 0) is 36.6 Å². The fourth-order valence-corrected chi connectivity index (χ4v) is 1.19. The van der Waals surface area contributed by atoms with Gasteiger partial charge in [-0.3, -0.25) is 4.99 Å². The topological polar surface area (TPSA) is 119 Å². The SMILES string of the molecule is CC(N)=NCCCCC(N)c1nnn[nH]1. The van der Waals surface area contributed by atoms with Crippen molar-refractivity contribution in [2.24, 2.45) is 16.5 Å². The molecular formula is C8H17N7. The number of aliphatic imine (C=N–C) groups is 1. The van der Waals surface area contributed by atoms with Gasteiger partial charge in [-0.25, -0.2) is 5.10 Å². The smallest absolute Gasteiger partial charge is 0.165 e. The van der Waals surface area contributed by atoms with Crippen LogP contribution in [0.4, 0.5) is 0 Å². The first-order valence-corrected chi connectivity index (χ1v) is 4.96. The summed E-state index contributed by atoms with van der Waals surface area (Å²) in [6.07, 6.45) is 2.80. The maximum absolute atomic E-state index is 5.85. The first-order valence-electron chi connectivity index (χ1n) is 4.96. The summed E-state index contributed by atoms with van der Waals surface area (Å²) in [4.78, 5) is 4.09. The van der Waals surface area contributed by atoms with E-state index in [4.69, 9.17) is 11.5 Å². The number of nitrogens with zero attached hydrogens (tertiary/aromatic N) is 4. The summed E-state index contributed by atoms with van der Waals surface area (Å²) in [5, 5.41) is 13.3. The Morgan fingerprint density at radius 1 is 1.53 bits per heavy atom. The number of hydrogen-bond acceptors (Lipinski definition) is 5. The molecule has 0 radical (unpaired) electrons. The predicted octanol–water partition coefficient (Wildman–Crippen LogP) is -0.253. The molecule has 1 aromatic heterocycles. The predicted molar refractivity (Wildman–Crippen MR) is 57.1 cm³/mol. The summed E-state index contributed by atoms with van der Waals surface area (Å²) in [5.74, 6) is 1.26. The number of tetrazole rings is 1. The minimum absolute atomic E-state index is 0.122. The number of aromatic nitrogens is 4. The second-order valence-electron chi connectivity index (χ2n) is 3.41. The van der Waals surface area contributed by atoms with Crippen LogP contribution in [0.5, 0.6) is 0 Å². The summed E-state index contributed by atoms with van der Waals surface area (Å²) in [5.41, 5.74) is 11.3. The second-order valence-corrected chi connectivity index (χ2v) is 3.41. The van der Waals surface area contributed by atoms with Gasteiger partial charge in [-0.15, -0.1) is 5.10 Å². The number of unbranched alkanes of at least 4 members (excludes halogenated alkanes) is 1. The van der Waals surface area contributed by atoms with Crippen LogP contribution >= 0.6 is 0 Å². The summed E-state index contributed by atoms with van der Waals surface area (Å²) in [6.45, 7) is 2.54. The zero-order valence-electron chi connectivity index (χ0n) is 8.85. The van der Waals surface area contributed by atoms with Crippen molar-refractivity contribution in [1.82, 2.24) is 20.6 Å². The van der Waals surface area contributed by atoms with E-state index in [0.29, 0.717) is 11.7 Å². The number of nitrogens with one attached hydrogen (secondary N) is 1. The van der Waals surface area contributed by atoms with Crippen molar-refractivity contribution >= 4 is 5.84 Å². The molecule has 0 fully saturated rings. The van der Waals surface area contributed by atoms with Gasteiger partial charge >= 0.3 is 0 Å². The van der Waals surface area contributed by atoms with Crippen LogP contribution in [-0.2, 0) is 0 Å². The van der Waals surface area contributed by atoms with E-state index in [-0.39, 0.29) is 6.04 Å². The molecule has 0 saturated heterocycles. The Kier molecular flexibility index (Phi) is 4.69. The van der Waals surface area contributed by atoms with Gasteiger partial charge in [0.05, 0.1) is 11.9 Å². The molecule has 0 amide bonds. The van der Waals surface area contributed by atoms with Gasteiger partial charge < -0.3 is 11.5 Å². The summed E-state index contributed by atoms with van der Waals surface area (Å²) >= 11 is 0. The van der Waals surface area contributed by atoms with Gasteiger partial charge in [0.2, 0.25) is 0 Å². The quantitative estimate of drug-likeness (QED) is 0.340. The first kappa shape index (κ1) is 11.6. The van der Waals surface area contributed by atoms with Crippen LogP contribution in [0.1, 0.15) is 38.1 Å². The molecule has 5 N–H and O–H groups in total. The highest BCUT2D eigenvalue weighted by molar-refractivity contribution is 5.77. The van der Waals surface area contributed by atoms with E-state index in [9.17, 15) is 0 Å². The van der Waals surface area contributed by atoms with Crippen molar-refractivity contribution in [3.8, 4) is 0 Å². The van der Waals surface area contributed by atoms with E-state index in [0.717, 1.165) is 25.8 Å². The third kappa shape index (κ3) is 4.50. The monoisotopic (exact) mass is 211 g/mol. The number of hydrogen-bond donors (Lipinski definition) is 3. The molecule has 15 heavy (non-hydrogen) atoms. The average molecular weight is 211 g/mol. The Morgan fingerprint density at radius 2 is 2.33 bits per heavy atom. The molecule has 1 aromatic rings. The van der Waals surface area contributed by atoms with Crippen LogP contribution in [0, 0.1) is 0 Å². The summed E-state index contributed by atoms with van der Waals surface area (Å²) in [7, 11) is 0. The minimum Gasteiger partial charge on any atom is -0.388 e. The van der Waals surface area contributed by atoms with Crippen molar-refractivity contribution in [2.45, 2.75) is 32.2 Å². The Bertz CT molecular complexity index is 288. The first-order chi connectivity index (χ1) is 7.20. The van der Waals surface area contributed by atoms with E-state index in [1.807, 2.05) is 0 Å². The molecule has 0 saturated carbocycles. The standard InChI is InChI=1S/C8H17N7/c1-6(9)11-5-3-2-4-7(10)8-12-14-15-13-8/h7H,2-5,10H2,1H3,(H2,9,11)(H,12,13,14,15). The third-order valence-electron chi connectivity index (χ3n) is 2.00. The fraction of sp³-hybridized carbons (Fsp3) is 0.750.